The lowest BCUT2D eigenvalue weighted by molar-refractivity contribution is -0.131. The number of nitrogens with one attached hydrogen (secondary N) is 1. The topological polar surface area (TPSA) is 58.6 Å². The van der Waals surface area contributed by atoms with Crippen molar-refractivity contribution in [3.63, 3.8) is 0 Å². The van der Waals surface area contributed by atoms with Crippen LogP contribution in [0.2, 0.25) is 0 Å². The molecule has 0 spiro atoms. The second kappa shape index (κ2) is 8.14. The molecule has 1 saturated heterocycles. The molecule has 1 aliphatic rings. The number of amides is 2. The maximum Gasteiger partial charge on any atom is 0.225 e. The summed E-state index contributed by atoms with van der Waals surface area (Å²) in [4.78, 5) is 26.2. The Hall–Kier alpha value is -1.40. The number of ether oxygens (including phenoxy) is 1. The molecule has 1 N–H and O–H groups in total. The number of nitrogens with zero attached hydrogens (tertiary/aromatic N) is 1. The summed E-state index contributed by atoms with van der Waals surface area (Å²) in [6, 6.07) is 3.88. The molecule has 21 heavy (non-hydrogen) atoms. The van der Waals surface area contributed by atoms with Crippen LogP contribution in [0.3, 0.4) is 0 Å². The highest BCUT2D eigenvalue weighted by molar-refractivity contribution is 7.10. The molecule has 2 amide bonds. The highest BCUT2D eigenvalue weighted by Crippen LogP contribution is 2.13. The van der Waals surface area contributed by atoms with Gasteiger partial charge in [-0.1, -0.05) is 6.07 Å². The van der Waals surface area contributed by atoms with Crippen LogP contribution in [-0.2, 0) is 20.7 Å². The van der Waals surface area contributed by atoms with E-state index in [9.17, 15) is 9.59 Å². The molecule has 0 aromatic carbocycles. The van der Waals surface area contributed by atoms with Gasteiger partial charge in [0.15, 0.2) is 0 Å². The molecule has 5 nitrogen and oxygen atoms in total. The van der Waals surface area contributed by atoms with Crippen LogP contribution in [0.5, 0.6) is 0 Å². The van der Waals surface area contributed by atoms with Crippen molar-refractivity contribution in [3.8, 4) is 0 Å². The molecule has 1 aromatic heterocycles. The van der Waals surface area contributed by atoms with E-state index >= 15 is 0 Å². The first kappa shape index (κ1) is 16.0. The van der Waals surface area contributed by atoms with Crippen molar-refractivity contribution in [2.24, 2.45) is 0 Å². The summed E-state index contributed by atoms with van der Waals surface area (Å²) in [6.45, 7) is 3.98. The minimum absolute atomic E-state index is 0.00179. The van der Waals surface area contributed by atoms with Gasteiger partial charge in [0.25, 0.3) is 0 Å². The summed E-state index contributed by atoms with van der Waals surface area (Å²) >= 11 is 1.58. The van der Waals surface area contributed by atoms with Crippen LogP contribution in [-0.4, -0.2) is 49.1 Å². The van der Waals surface area contributed by atoms with Gasteiger partial charge in [0.05, 0.1) is 12.5 Å². The Kier molecular flexibility index (Phi) is 6.20. The molecule has 0 radical (unpaired) electrons. The monoisotopic (exact) mass is 310 g/mol. The maximum absolute atomic E-state index is 11.8. The number of carbonyl (C=O) groups is 2. The molecule has 116 valence electrons. The summed E-state index contributed by atoms with van der Waals surface area (Å²) in [5.74, 6) is 0.0241. The molecule has 0 aliphatic carbocycles. The Morgan fingerprint density at radius 3 is 3.00 bits per heavy atom. The fourth-order valence-corrected chi connectivity index (χ4v) is 3.08. The number of hydrogen-bond donors (Lipinski definition) is 1. The van der Waals surface area contributed by atoms with Gasteiger partial charge in [0, 0.05) is 38.0 Å². The molecule has 2 heterocycles. The molecule has 1 fully saturated rings. The van der Waals surface area contributed by atoms with E-state index in [-0.39, 0.29) is 17.9 Å². The maximum atomic E-state index is 11.8. The summed E-state index contributed by atoms with van der Waals surface area (Å²) in [6.07, 6.45) is 2.63. The van der Waals surface area contributed by atoms with E-state index < -0.39 is 0 Å². The van der Waals surface area contributed by atoms with Gasteiger partial charge in [-0.3, -0.25) is 9.59 Å². The highest BCUT2D eigenvalue weighted by atomic mass is 32.1. The zero-order valence-corrected chi connectivity index (χ0v) is 13.2. The van der Waals surface area contributed by atoms with Crippen LogP contribution >= 0.6 is 11.3 Å². The highest BCUT2D eigenvalue weighted by Gasteiger charge is 2.20. The van der Waals surface area contributed by atoms with Crippen molar-refractivity contribution < 1.29 is 14.3 Å². The van der Waals surface area contributed by atoms with E-state index in [0.717, 1.165) is 24.3 Å². The normalized spacial score (nSPS) is 17.7. The molecular formula is C15H22N2O3S. The lowest BCUT2D eigenvalue weighted by Gasteiger charge is -2.24. The van der Waals surface area contributed by atoms with E-state index in [0.29, 0.717) is 26.1 Å². The summed E-state index contributed by atoms with van der Waals surface area (Å²) in [7, 11) is 0. The zero-order chi connectivity index (χ0) is 15.1. The van der Waals surface area contributed by atoms with Crippen molar-refractivity contribution in [2.75, 3.05) is 26.2 Å². The van der Waals surface area contributed by atoms with Crippen molar-refractivity contribution in [3.05, 3.63) is 22.4 Å². The van der Waals surface area contributed by atoms with E-state index in [2.05, 4.69) is 5.32 Å². The largest absolute Gasteiger partial charge is 0.376 e. The molecule has 1 atom stereocenters. The fourth-order valence-electron chi connectivity index (χ4n) is 2.38. The summed E-state index contributed by atoms with van der Waals surface area (Å²) in [5, 5.41) is 4.82. The lowest BCUT2D eigenvalue weighted by atomic mass is 10.2. The van der Waals surface area contributed by atoms with Gasteiger partial charge in [-0.25, -0.2) is 0 Å². The Bertz CT molecular complexity index is 455. The third-order valence-electron chi connectivity index (χ3n) is 3.51. The first-order chi connectivity index (χ1) is 10.1. The van der Waals surface area contributed by atoms with Crippen LogP contribution in [0.15, 0.2) is 17.5 Å². The van der Waals surface area contributed by atoms with Gasteiger partial charge in [0.2, 0.25) is 11.8 Å². The smallest absolute Gasteiger partial charge is 0.225 e. The first-order valence-corrected chi connectivity index (χ1v) is 8.19. The van der Waals surface area contributed by atoms with Gasteiger partial charge in [-0.05, 0) is 24.3 Å². The first-order valence-electron chi connectivity index (χ1n) is 7.31. The summed E-state index contributed by atoms with van der Waals surface area (Å²) < 4.78 is 5.55. The standard InChI is InChI=1S/C15H22N2O3S/c1-12(18)17(11-13-4-2-8-20-13)7-6-16-15(19)10-14-5-3-9-21-14/h3,5,9,13H,2,4,6-8,10-11H2,1H3,(H,16,19). The van der Waals surface area contributed by atoms with E-state index in [1.54, 1.807) is 23.2 Å². The number of carbonyl (C=O) groups excluding carboxylic acids is 2. The third-order valence-corrected chi connectivity index (χ3v) is 4.39. The zero-order valence-electron chi connectivity index (χ0n) is 12.3. The molecule has 1 aromatic rings. The van der Waals surface area contributed by atoms with E-state index in [1.165, 1.54) is 0 Å². The van der Waals surface area contributed by atoms with Crippen molar-refractivity contribution >= 4 is 23.2 Å². The Balaban J connectivity index is 1.68. The number of thiophene rings is 1. The predicted octanol–water partition coefficient (Wildman–Crippen LogP) is 1.43. The Morgan fingerprint density at radius 2 is 2.38 bits per heavy atom. The van der Waals surface area contributed by atoms with Gasteiger partial charge in [-0.15, -0.1) is 11.3 Å². The Labute approximate surface area is 129 Å². The van der Waals surface area contributed by atoms with E-state index in [1.807, 2.05) is 17.5 Å². The average molecular weight is 310 g/mol. The average Bonchev–Trinajstić information content (AvgIpc) is 3.10. The molecular weight excluding hydrogens is 288 g/mol. The van der Waals surface area contributed by atoms with Crippen LogP contribution in [0, 0.1) is 0 Å². The van der Waals surface area contributed by atoms with Crippen molar-refractivity contribution in [1.29, 1.82) is 0 Å². The minimum Gasteiger partial charge on any atom is -0.376 e. The van der Waals surface area contributed by atoms with Gasteiger partial charge in [-0.2, -0.15) is 0 Å². The van der Waals surface area contributed by atoms with Crippen molar-refractivity contribution in [1.82, 2.24) is 10.2 Å². The van der Waals surface area contributed by atoms with Gasteiger partial charge in [0.1, 0.15) is 0 Å². The number of hydrogen-bond acceptors (Lipinski definition) is 4. The predicted molar refractivity (Wildman–Crippen MR) is 82.3 cm³/mol. The minimum atomic E-state index is -0.00179. The molecule has 6 heteroatoms. The third kappa shape index (κ3) is 5.47. The van der Waals surface area contributed by atoms with Crippen LogP contribution in [0.25, 0.3) is 0 Å². The fraction of sp³-hybridized carbons (Fsp3) is 0.600. The molecule has 2 rings (SSSR count). The summed E-state index contributed by atoms with van der Waals surface area (Å²) in [5.41, 5.74) is 0. The SMILES string of the molecule is CC(=O)N(CCNC(=O)Cc1cccs1)CC1CCCO1. The quantitative estimate of drug-likeness (QED) is 0.829. The molecule has 1 aliphatic heterocycles. The van der Waals surface area contributed by atoms with Crippen molar-refractivity contribution in [2.45, 2.75) is 32.3 Å². The van der Waals surface area contributed by atoms with Gasteiger partial charge < -0.3 is 15.0 Å². The molecule has 0 bridgehead atoms. The van der Waals surface area contributed by atoms with E-state index in [4.69, 9.17) is 4.74 Å². The molecule has 1 unspecified atom stereocenters. The van der Waals surface area contributed by atoms with Crippen LogP contribution in [0.4, 0.5) is 0 Å². The van der Waals surface area contributed by atoms with Crippen LogP contribution < -0.4 is 5.32 Å². The lowest BCUT2D eigenvalue weighted by Crippen LogP contribution is -2.41. The number of rotatable bonds is 7. The Morgan fingerprint density at radius 1 is 1.52 bits per heavy atom. The van der Waals surface area contributed by atoms with Crippen LogP contribution in [0.1, 0.15) is 24.6 Å². The second-order valence-electron chi connectivity index (χ2n) is 5.21. The molecule has 0 saturated carbocycles. The second-order valence-corrected chi connectivity index (χ2v) is 6.24. The van der Waals surface area contributed by atoms with Gasteiger partial charge >= 0.3 is 0 Å².